The fourth-order valence-corrected chi connectivity index (χ4v) is 3.64. The monoisotopic (exact) mass is 424 g/mol. The van der Waals surface area contributed by atoms with E-state index in [4.69, 9.17) is 11.6 Å². The van der Waals surface area contributed by atoms with Gasteiger partial charge in [0.05, 0.1) is 11.1 Å². The van der Waals surface area contributed by atoms with Gasteiger partial charge in [-0.2, -0.15) is 0 Å². The van der Waals surface area contributed by atoms with Crippen LogP contribution >= 0.6 is 11.6 Å². The van der Waals surface area contributed by atoms with Gasteiger partial charge in [0.2, 0.25) is 5.28 Å². The summed E-state index contributed by atoms with van der Waals surface area (Å²) in [5.74, 6) is -0.775. The molecule has 1 aromatic heterocycles. The molecule has 0 spiro atoms. The van der Waals surface area contributed by atoms with Gasteiger partial charge in [0, 0.05) is 17.3 Å². The third-order valence-electron chi connectivity index (χ3n) is 3.30. The Hall–Kier alpha value is -3.11. The predicted octanol–water partition coefficient (Wildman–Crippen LogP) is 3.63. The number of hydrogen-bond donors (Lipinski definition) is 1. The van der Waals surface area contributed by atoms with E-state index in [0.29, 0.717) is 0 Å². The third kappa shape index (κ3) is 4.99. The van der Waals surface area contributed by atoms with Gasteiger partial charge in [-0.05, 0) is 30.7 Å². The molecule has 1 N–H and O–H groups in total. The number of aromatic nitrogens is 2. The maximum atomic E-state index is 14.0. The summed E-state index contributed by atoms with van der Waals surface area (Å²) in [5, 5.41) is 10.9. The van der Waals surface area contributed by atoms with Crippen molar-refractivity contribution < 1.29 is 17.7 Å². The lowest BCUT2D eigenvalue weighted by atomic mass is 10.1. The molecule has 0 amide bonds. The van der Waals surface area contributed by atoms with Gasteiger partial charge in [-0.1, -0.05) is 30.9 Å². The molecule has 2 aromatic rings. The van der Waals surface area contributed by atoms with Gasteiger partial charge >= 0.3 is 0 Å². The Morgan fingerprint density at radius 1 is 1.39 bits per heavy atom. The summed E-state index contributed by atoms with van der Waals surface area (Å²) in [4.78, 5) is 17.1. The average molecular weight is 425 g/mol. The highest BCUT2D eigenvalue weighted by molar-refractivity contribution is 7.89. The summed E-state index contributed by atoms with van der Waals surface area (Å²) in [5.41, 5.74) is -0.512. The quantitative estimate of drug-likeness (QED) is 0.314. The minimum Gasteiger partial charge on any atom is -0.283 e. The van der Waals surface area contributed by atoms with E-state index in [1.807, 2.05) is 0 Å². The molecule has 146 valence electrons. The molecule has 11 heteroatoms. The van der Waals surface area contributed by atoms with Crippen LogP contribution in [-0.4, -0.2) is 23.3 Å². The lowest BCUT2D eigenvalue weighted by Crippen LogP contribution is -2.23. The Morgan fingerprint density at radius 2 is 2.07 bits per heavy atom. The number of rotatable bonds is 7. The summed E-state index contributed by atoms with van der Waals surface area (Å²) in [7, 11) is -4.26. The number of nitro benzene ring substituents is 1. The van der Waals surface area contributed by atoms with Crippen LogP contribution in [0.2, 0.25) is 5.28 Å². The molecule has 1 aromatic carbocycles. The number of halogens is 2. The zero-order chi connectivity index (χ0) is 20.9. The first-order valence-corrected chi connectivity index (χ1v) is 9.47. The highest BCUT2D eigenvalue weighted by Gasteiger charge is 2.25. The lowest BCUT2D eigenvalue weighted by Gasteiger charge is -2.10. The van der Waals surface area contributed by atoms with Crippen LogP contribution in [0.3, 0.4) is 0 Å². The molecule has 0 unspecified atom stereocenters. The molecule has 0 aliphatic heterocycles. The minimum absolute atomic E-state index is 0.0559. The zero-order valence-corrected chi connectivity index (χ0v) is 16.0. The van der Waals surface area contributed by atoms with E-state index in [1.54, 1.807) is 0 Å². The van der Waals surface area contributed by atoms with E-state index in [1.165, 1.54) is 37.3 Å². The van der Waals surface area contributed by atoms with Gasteiger partial charge in [0.15, 0.2) is 10.7 Å². The number of allylic oxidation sites excluding steroid dienone is 5. The average Bonchev–Trinajstić information content (AvgIpc) is 2.63. The van der Waals surface area contributed by atoms with Crippen molar-refractivity contribution in [2.24, 2.45) is 0 Å². The van der Waals surface area contributed by atoms with Crippen molar-refractivity contribution >= 4 is 32.9 Å². The second kappa shape index (κ2) is 8.72. The third-order valence-corrected chi connectivity index (χ3v) is 5.00. The van der Waals surface area contributed by atoms with Gasteiger partial charge in [-0.15, -0.1) is 0 Å². The molecule has 0 saturated heterocycles. The Labute approximate surface area is 165 Å². The van der Waals surface area contributed by atoms with Gasteiger partial charge < -0.3 is 0 Å². The van der Waals surface area contributed by atoms with E-state index in [9.17, 15) is 22.9 Å². The summed E-state index contributed by atoms with van der Waals surface area (Å²) in [6.45, 7) is 4.91. The zero-order valence-electron chi connectivity index (χ0n) is 14.5. The lowest BCUT2D eigenvalue weighted by molar-refractivity contribution is -0.387. The largest absolute Gasteiger partial charge is 0.289 e. The van der Waals surface area contributed by atoms with Crippen LogP contribution in [0.1, 0.15) is 12.6 Å². The molecule has 2 rings (SSSR count). The standard InChI is InChI=1S/C17H14ClFN4O4S/c1-3-6-12(16-13(19)10-20-17(18)21-16)9-11(2)22-28(26,27)15-8-5-4-7-14(15)23(24)25/h3-10,22H,1H2,2H3/b11-9+,12-6+. The van der Waals surface area contributed by atoms with Crippen molar-refractivity contribution in [2.45, 2.75) is 11.8 Å². The maximum absolute atomic E-state index is 14.0. The van der Waals surface area contributed by atoms with E-state index < -0.39 is 31.3 Å². The molecular formula is C17H14ClFN4O4S. The van der Waals surface area contributed by atoms with Crippen LogP contribution in [-0.2, 0) is 10.0 Å². The van der Waals surface area contributed by atoms with Crippen molar-refractivity contribution in [2.75, 3.05) is 0 Å². The van der Waals surface area contributed by atoms with E-state index in [0.717, 1.165) is 18.3 Å². The van der Waals surface area contributed by atoms with Crippen LogP contribution in [0.25, 0.3) is 5.57 Å². The molecule has 0 aliphatic rings. The topological polar surface area (TPSA) is 115 Å². The molecule has 28 heavy (non-hydrogen) atoms. The van der Waals surface area contributed by atoms with Gasteiger partial charge in [0.25, 0.3) is 15.7 Å². The molecule has 0 bridgehead atoms. The second-order valence-electron chi connectivity index (χ2n) is 5.35. The summed E-state index contributed by atoms with van der Waals surface area (Å²) in [6, 6.07) is 4.90. The molecule has 0 radical (unpaired) electrons. The van der Waals surface area contributed by atoms with E-state index in [-0.39, 0.29) is 22.2 Å². The first-order valence-electron chi connectivity index (χ1n) is 7.61. The van der Waals surface area contributed by atoms with Crippen molar-refractivity contribution in [1.29, 1.82) is 0 Å². The Balaban J connectivity index is 2.44. The molecule has 1 heterocycles. The van der Waals surface area contributed by atoms with Gasteiger partial charge in [-0.25, -0.2) is 22.8 Å². The molecule has 0 atom stereocenters. The number of para-hydroxylation sites is 1. The highest BCUT2D eigenvalue weighted by Crippen LogP contribution is 2.24. The molecular weight excluding hydrogens is 411 g/mol. The number of nitrogens with zero attached hydrogens (tertiary/aromatic N) is 3. The summed E-state index contributed by atoms with van der Waals surface area (Å²) < 4.78 is 41.3. The number of benzene rings is 1. The van der Waals surface area contributed by atoms with Crippen LogP contribution in [0, 0.1) is 15.9 Å². The number of nitro groups is 1. The number of hydrogen-bond acceptors (Lipinski definition) is 6. The summed E-state index contributed by atoms with van der Waals surface area (Å²) >= 11 is 5.69. The molecule has 0 saturated carbocycles. The number of sulfonamides is 1. The van der Waals surface area contributed by atoms with Crippen LogP contribution in [0.5, 0.6) is 0 Å². The van der Waals surface area contributed by atoms with Gasteiger partial charge in [0.1, 0.15) is 5.69 Å². The first kappa shape index (κ1) is 21.2. The molecule has 8 nitrogen and oxygen atoms in total. The highest BCUT2D eigenvalue weighted by atomic mass is 35.5. The molecule has 0 aliphatic carbocycles. The van der Waals surface area contributed by atoms with Crippen molar-refractivity contribution in [3.05, 3.63) is 87.9 Å². The van der Waals surface area contributed by atoms with Crippen LogP contribution < -0.4 is 4.72 Å². The van der Waals surface area contributed by atoms with Crippen molar-refractivity contribution in [3.8, 4) is 0 Å². The van der Waals surface area contributed by atoms with Crippen LogP contribution in [0.4, 0.5) is 10.1 Å². The smallest absolute Gasteiger partial charge is 0.283 e. The Kier molecular flexibility index (Phi) is 6.60. The predicted molar refractivity (Wildman–Crippen MR) is 102 cm³/mol. The Bertz CT molecular complexity index is 1100. The fraction of sp³-hybridized carbons (Fsp3) is 0.0588. The second-order valence-corrected chi connectivity index (χ2v) is 7.34. The minimum atomic E-state index is -4.26. The summed E-state index contributed by atoms with van der Waals surface area (Å²) in [6.07, 6.45) is 4.91. The van der Waals surface area contributed by atoms with Gasteiger partial charge in [-0.3, -0.25) is 14.8 Å². The van der Waals surface area contributed by atoms with Crippen molar-refractivity contribution in [1.82, 2.24) is 14.7 Å². The van der Waals surface area contributed by atoms with Crippen LogP contribution in [0.15, 0.2) is 65.9 Å². The Morgan fingerprint density at radius 3 is 2.71 bits per heavy atom. The maximum Gasteiger partial charge on any atom is 0.289 e. The van der Waals surface area contributed by atoms with Crippen molar-refractivity contribution in [3.63, 3.8) is 0 Å². The number of nitrogens with one attached hydrogen (secondary N) is 1. The fourth-order valence-electron chi connectivity index (χ4n) is 2.24. The van der Waals surface area contributed by atoms with E-state index >= 15 is 0 Å². The SMILES string of the molecule is C=C/C=C(\C=C(/C)NS(=O)(=O)c1ccccc1[N+](=O)[O-])c1nc(Cl)ncc1F. The first-order chi connectivity index (χ1) is 13.2. The molecule has 0 fully saturated rings. The normalized spacial score (nSPS) is 12.5. The van der Waals surface area contributed by atoms with E-state index in [2.05, 4.69) is 21.3 Å².